The van der Waals surface area contributed by atoms with Crippen LogP contribution < -0.4 is 4.90 Å². The van der Waals surface area contributed by atoms with Crippen molar-refractivity contribution in [3.63, 3.8) is 0 Å². The van der Waals surface area contributed by atoms with E-state index in [4.69, 9.17) is 4.74 Å². The molecule has 2 aromatic carbocycles. The van der Waals surface area contributed by atoms with Gasteiger partial charge >= 0.3 is 17.5 Å². The summed E-state index contributed by atoms with van der Waals surface area (Å²) in [4.78, 5) is 30.3. The number of allylic oxidation sites excluding steroid dienone is 1. The minimum Gasteiger partial charge on any atom is -0.475 e. The van der Waals surface area contributed by atoms with Crippen LogP contribution in [0, 0.1) is 5.39 Å². The third-order valence-electron chi connectivity index (χ3n) is 3.93. The molecule has 7 nitrogen and oxygen atoms in total. The van der Waals surface area contributed by atoms with E-state index in [9.17, 15) is 20.1 Å². The SMILES string of the molecule is C=CCc1ccccc1N(C(=O)/C([N+]#N)=C(\O)OC(C)(C)C)C(=O)c1ccccc1. The molecule has 2 amide bonds. The number of anilines is 1. The van der Waals surface area contributed by atoms with Gasteiger partial charge < -0.3 is 9.84 Å². The second kappa shape index (κ2) is 9.52. The van der Waals surface area contributed by atoms with E-state index in [2.05, 4.69) is 11.6 Å². The summed E-state index contributed by atoms with van der Waals surface area (Å²) >= 11 is 0. The predicted molar refractivity (Wildman–Crippen MR) is 114 cm³/mol. The van der Waals surface area contributed by atoms with Crippen molar-refractivity contribution >= 4 is 17.5 Å². The molecule has 2 rings (SSSR count). The quantitative estimate of drug-likeness (QED) is 0.316. The molecule has 7 heteroatoms. The van der Waals surface area contributed by atoms with Crippen LogP contribution in [-0.4, -0.2) is 22.5 Å². The number of rotatable bonds is 6. The van der Waals surface area contributed by atoms with Crippen LogP contribution in [0.2, 0.25) is 0 Å². The number of aliphatic hydroxyl groups is 1. The highest BCUT2D eigenvalue weighted by atomic mass is 16.6. The Bertz CT molecular complexity index is 1010. The van der Waals surface area contributed by atoms with Gasteiger partial charge in [-0.2, -0.15) is 0 Å². The molecule has 0 aliphatic rings. The summed E-state index contributed by atoms with van der Waals surface area (Å²) in [6, 6.07) is 15.0. The lowest BCUT2D eigenvalue weighted by molar-refractivity contribution is -0.115. The minimum atomic E-state index is -1.04. The Morgan fingerprint density at radius 1 is 1.13 bits per heavy atom. The number of diazo groups is 1. The molecule has 154 valence electrons. The van der Waals surface area contributed by atoms with Gasteiger partial charge in [-0.1, -0.05) is 42.5 Å². The number of hydrogen-bond acceptors (Lipinski definition) is 5. The minimum absolute atomic E-state index is 0.243. The molecule has 0 saturated heterocycles. The monoisotopic (exact) mass is 406 g/mol. The smallest absolute Gasteiger partial charge is 0.475 e. The summed E-state index contributed by atoms with van der Waals surface area (Å²) in [5.74, 6) is -2.58. The molecule has 1 N–H and O–H groups in total. The van der Waals surface area contributed by atoms with E-state index in [0.717, 1.165) is 4.90 Å². The molecule has 30 heavy (non-hydrogen) atoms. The van der Waals surface area contributed by atoms with Crippen molar-refractivity contribution in [2.75, 3.05) is 4.90 Å². The summed E-state index contributed by atoms with van der Waals surface area (Å²) in [7, 11) is 0. The number of benzene rings is 2. The molecule has 0 fully saturated rings. The van der Waals surface area contributed by atoms with Crippen LogP contribution in [0.1, 0.15) is 36.7 Å². The number of amides is 2. The highest BCUT2D eigenvalue weighted by Crippen LogP contribution is 2.27. The number of para-hydroxylation sites is 1. The summed E-state index contributed by atoms with van der Waals surface area (Å²) in [5.41, 5.74) is -0.481. The fraction of sp³-hybridized carbons (Fsp3) is 0.217. The van der Waals surface area contributed by atoms with Gasteiger partial charge in [0.05, 0.1) is 5.69 Å². The topological polar surface area (TPSA) is 95.0 Å². The maximum Gasteiger partial charge on any atom is 0.528 e. The molecule has 0 saturated carbocycles. The predicted octanol–water partition coefficient (Wildman–Crippen LogP) is 4.98. The van der Waals surface area contributed by atoms with E-state index in [0.29, 0.717) is 12.0 Å². The molecule has 2 aromatic rings. The molecule has 0 bridgehead atoms. The first-order valence-electron chi connectivity index (χ1n) is 9.29. The molecular formula is C23H24N3O4+. The summed E-state index contributed by atoms with van der Waals surface area (Å²) in [5, 5.41) is 19.7. The molecule has 0 heterocycles. The van der Waals surface area contributed by atoms with Crippen LogP contribution >= 0.6 is 0 Å². The molecular weight excluding hydrogens is 382 g/mol. The lowest BCUT2D eigenvalue weighted by atomic mass is 10.1. The number of hydrogen-bond donors (Lipinski definition) is 1. The van der Waals surface area contributed by atoms with E-state index < -0.39 is 29.1 Å². The van der Waals surface area contributed by atoms with Crippen LogP contribution in [-0.2, 0) is 16.0 Å². The Hall–Kier alpha value is -3.92. The van der Waals surface area contributed by atoms with Gasteiger partial charge in [0.15, 0.2) is 4.98 Å². The van der Waals surface area contributed by atoms with Gasteiger partial charge in [0.1, 0.15) is 5.60 Å². The summed E-state index contributed by atoms with van der Waals surface area (Å²) in [6.45, 7) is 8.65. The van der Waals surface area contributed by atoms with Crippen LogP contribution in [0.25, 0.3) is 4.98 Å². The second-order valence-electron chi connectivity index (χ2n) is 7.40. The number of nitrogens with zero attached hydrogens (tertiary/aromatic N) is 3. The lowest BCUT2D eigenvalue weighted by Gasteiger charge is -2.22. The highest BCUT2D eigenvalue weighted by molar-refractivity contribution is 6.26. The Morgan fingerprint density at radius 2 is 1.73 bits per heavy atom. The van der Waals surface area contributed by atoms with Gasteiger partial charge in [-0.15, -0.1) is 6.58 Å². The first kappa shape index (κ1) is 22.4. The normalized spacial score (nSPS) is 11.7. The number of imide groups is 1. The Labute approximate surface area is 175 Å². The Morgan fingerprint density at radius 3 is 2.30 bits per heavy atom. The van der Waals surface area contributed by atoms with Gasteiger partial charge in [0.2, 0.25) is 5.39 Å². The maximum absolute atomic E-state index is 13.3. The Kier molecular flexibility index (Phi) is 7.10. The number of ether oxygens (including phenoxy) is 1. The van der Waals surface area contributed by atoms with Crippen molar-refractivity contribution in [2.45, 2.75) is 32.8 Å². The van der Waals surface area contributed by atoms with Crippen molar-refractivity contribution in [1.29, 1.82) is 5.39 Å². The molecule has 0 aliphatic heterocycles. The maximum atomic E-state index is 13.3. The average molecular weight is 406 g/mol. The third kappa shape index (κ3) is 5.32. The van der Waals surface area contributed by atoms with Crippen molar-refractivity contribution in [2.24, 2.45) is 0 Å². The standard InChI is InChI=1S/C23H23N3O4/c1-5-11-16-12-9-10-15-18(16)26(20(27)17-13-7-6-8-14-17)21(28)19(25-24)22(29)30-23(2,3)4/h5-10,12-15H,1,11H2,2-4H3/p+1. The average Bonchev–Trinajstić information content (AvgIpc) is 2.69. The largest absolute Gasteiger partial charge is 0.528 e. The van der Waals surface area contributed by atoms with Crippen molar-refractivity contribution in [3.8, 4) is 0 Å². The van der Waals surface area contributed by atoms with Crippen LogP contribution in [0.15, 0.2) is 78.9 Å². The van der Waals surface area contributed by atoms with Gasteiger partial charge in [-0.25, -0.2) is 4.90 Å². The molecule has 0 unspecified atom stereocenters. The molecule has 0 atom stereocenters. The number of carbonyl (C=O) groups excluding carboxylic acids is 2. The van der Waals surface area contributed by atoms with Gasteiger partial charge in [0.25, 0.3) is 5.91 Å². The number of carbonyl (C=O) groups is 2. The van der Waals surface area contributed by atoms with E-state index in [-0.39, 0.29) is 11.3 Å². The summed E-state index contributed by atoms with van der Waals surface area (Å²) < 4.78 is 5.27. The van der Waals surface area contributed by atoms with E-state index >= 15 is 0 Å². The van der Waals surface area contributed by atoms with Crippen molar-refractivity contribution < 1.29 is 19.4 Å². The highest BCUT2D eigenvalue weighted by Gasteiger charge is 2.41. The summed E-state index contributed by atoms with van der Waals surface area (Å²) in [6.07, 6.45) is 2.03. The fourth-order valence-corrected chi connectivity index (χ4v) is 2.70. The third-order valence-corrected chi connectivity index (χ3v) is 3.93. The van der Waals surface area contributed by atoms with Crippen molar-refractivity contribution in [1.82, 2.24) is 0 Å². The first-order chi connectivity index (χ1) is 14.2. The fourth-order valence-electron chi connectivity index (χ4n) is 2.70. The van der Waals surface area contributed by atoms with Gasteiger partial charge in [-0.3, -0.25) is 9.59 Å². The van der Waals surface area contributed by atoms with Crippen molar-refractivity contribution in [3.05, 3.63) is 95.0 Å². The van der Waals surface area contributed by atoms with Gasteiger partial charge in [-0.05, 0) is 51.0 Å². The molecule has 0 radical (unpaired) electrons. The van der Waals surface area contributed by atoms with Crippen LogP contribution in [0.5, 0.6) is 0 Å². The zero-order valence-corrected chi connectivity index (χ0v) is 17.2. The second-order valence-corrected chi connectivity index (χ2v) is 7.40. The van der Waals surface area contributed by atoms with Crippen LogP contribution in [0.3, 0.4) is 0 Å². The van der Waals surface area contributed by atoms with Crippen LogP contribution in [0.4, 0.5) is 5.69 Å². The lowest BCUT2D eigenvalue weighted by Crippen LogP contribution is -2.39. The number of aliphatic hydroxyl groups excluding tert-OH is 1. The van der Waals surface area contributed by atoms with Gasteiger partial charge in [0, 0.05) is 5.56 Å². The zero-order chi connectivity index (χ0) is 22.3. The van der Waals surface area contributed by atoms with E-state index in [1.54, 1.807) is 81.4 Å². The molecule has 0 aromatic heterocycles. The Balaban J connectivity index is 2.66. The zero-order valence-electron chi connectivity index (χ0n) is 17.2. The molecule has 0 aliphatic carbocycles. The van der Waals surface area contributed by atoms with E-state index in [1.807, 2.05) is 0 Å². The molecule has 0 spiro atoms. The van der Waals surface area contributed by atoms with E-state index in [1.165, 1.54) is 0 Å². The first-order valence-corrected chi connectivity index (χ1v) is 9.29.